The molecule has 14 heteroatoms. The van der Waals surface area contributed by atoms with Gasteiger partial charge in [0.1, 0.15) is 5.60 Å². The van der Waals surface area contributed by atoms with Gasteiger partial charge in [-0.2, -0.15) is 0 Å². The molecular weight excluding hydrogens is 680 g/mol. The topological polar surface area (TPSA) is 184 Å². The number of hydrogen-bond donors (Lipinski definition) is 0. The fourth-order valence-electron chi connectivity index (χ4n) is 7.73. The molecule has 0 N–H and O–H groups in total. The van der Waals surface area contributed by atoms with Crippen molar-refractivity contribution in [1.82, 2.24) is 0 Å². The van der Waals surface area contributed by atoms with E-state index in [1.54, 1.807) is 33.8 Å². The molecule has 0 bridgehead atoms. The molecule has 2 aliphatic carbocycles. The maximum absolute atomic E-state index is 14.0. The Hall–Kier alpha value is -4.23. The van der Waals surface area contributed by atoms with Crippen LogP contribution in [0.4, 0.5) is 0 Å². The monoisotopic (exact) mass is 734 g/mol. The van der Waals surface area contributed by atoms with E-state index in [1.165, 1.54) is 13.8 Å². The third kappa shape index (κ3) is 8.36. The zero-order valence-corrected chi connectivity index (χ0v) is 32.0. The van der Waals surface area contributed by atoms with Crippen molar-refractivity contribution in [1.29, 1.82) is 0 Å². The maximum atomic E-state index is 14.0. The summed E-state index contributed by atoms with van der Waals surface area (Å²) < 4.78 is 42.0. The third-order valence-electron chi connectivity index (χ3n) is 10.1. The molecule has 52 heavy (non-hydrogen) atoms. The van der Waals surface area contributed by atoms with E-state index in [9.17, 15) is 33.6 Å². The summed E-state index contributed by atoms with van der Waals surface area (Å²) in [5.74, 6) is -7.07. The van der Waals surface area contributed by atoms with E-state index in [1.807, 2.05) is 0 Å². The Morgan fingerprint density at radius 2 is 1.38 bits per heavy atom. The smallest absolute Gasteiger partial charge is 0.355 e. The molecule has 290 valence electrons. The van der Waals surface area contributed by atoms with Gasteiger partial charge in [0, 0.05) is 45.6 Å². The second kappa shape index (κ2) is 17.1. The Bertz CT molecular complexity index is 1490. The number of ether oxygens (including phenoxy) is 7. The van der Waals surface area contributed by atoms with E-state index < -0.39 is 95.3 Å². The average Bonchev–Trinajstić information content (AvgIpc) is 3.38. The van der Waals surface area contributed by atoms with Crippen molar-refractivity contribution in [2.75, 3.05) is 0 Å². The normalized spacial score (nSPS) is 31.0. The Morgan fingerprint density at radius 1 is 0.788 bits per heavy atom. The predicted molar refractivity (Wildman–Crippen MR) is 183 cm³/mol. The van der Waals surface area contributed by atoms with Crippen LogP contribution in [0.2, 0.25) is 0 Å². The second-order valence-electron chi connectivity index (χ2n) is 14.2. The molecule has 0 spiro atoms. The fraction of sp³-hybridized carbons (Fsp3) is 0.711. The van der Waals surface area contributed by atoms with Crippen LogP contribution in [0.25, 0.3) is 0 Å². The highest BCUT2D eigenvalue weighted by molar-refractivity contribution is 5.90. The summed E-state index contributed by atoms with van der Waals surface area (Å²) in [6.07, 6.45) is -0.260. The van der Waals surface area contributed by atoms with Gasteiger partial charge in [-0.15, -0.1) is 0 Å². The summed E-state index contributed by atoms with van der Waals surface area (Å²) in [7, 11) is 0. The van der Waals surface area contributed by atoms with Gasteiger partial charge in [0.2, 0.25) is 5.60 Å². The summed E-state index contributed by atoms with van der Waals surface area (Å²) >= 11 is 0. The molecular formula is C38H54O14. The van der Waals surface area contributed by atoms with Gasteiger partial charge < -0.3 is 33.2 Å². The zero-order chi connectivity index (χ0) is 39.2. The van der Waals surface area contributed by atoms with Crippen LogP contribution in [0, 0.1) is 5.92 Å². The number of carbonyl (C=O) groups is 7. The lowest BCUT2D eigenvalue weighted by Gasteiger charge is -2.45. The summed E-state index contributed by atoms with van der Waals surface area (Å²) in [6, 6.07) is 0. The molecule has 1 saturated carbocycles. The summed E-state index contributed by atoms with van der Waals surface area (Å²) in [5, 5.41) is 0. The van der Waals surface area contributed by atoms with Crippen LogP contribution in [-0.4, -0.2) is 83.0 Å². The van der Waals surface area contributed by atoms with Crippen molar-refractivity contribution in [2.45, 2.75) is 168 Å². The predicted octanol–water partition coefficient (Wildman–Crippen LogP) is 5.07. The van der Waals surface area contributed by atoms with Gasteiger partial charge in [-0.3, -0.25) is 24.0 Å². The number of allylic oxidation sites excluding steroid dienone is 1. The molecule has 0 amide bonds. The lowest BCUT2D eigenvalue weighted by atomic mass is 9.74. The summed E-state index contributed by atoms with van der Waals surface area (Å²) in [4.78, 5) is 92.8. The molecule has 0 radical (unpaired) electrons. The van der Waals surface area contributed by atoms with Gasteiger partial charge in [0.15, 0.2) is 24.4 Å². The largest absolute Gasteiger partial charge is 0.459 e. The number of hydrogen-bond acceptors (Lipinski definition) is 14. The lowest BCUT2D eigenvalue weighted by Crippen LogP contribution is -2.68. The fourth-order valence-corrected chi connectivity index (χ4v) is 7.73. The molecule has 8 atom stereocenters. The number of rotatable bonds is 15. The van der Waals surface area contributed by atoms with Gasteiger partial charge in [-0.05, 0) is 58.6 Å². The quantitative estimate of drug-likeness (QED) is 0.0714. The molecule has 0 aromatic rings. The third-order valence-corrected chi connectivity index (χ3v) is 10.1. The maximum Gasteiger partial charge on any atom is 0.355 e. The van der Waals surface area contributed by atoms with Crippen molar-refractivity contribution in [3.63, 3.8) is 0 Å². The Morgan fingerprint density at radius 3 is 1.94 bits per heavy atom. The molecule has 0 aromatic heterocycles. The SMILES string of the molecule is C/C=C(\C)C(=O)O[C@H]1C(C)=C2[C@H]([C@@H]1OC(=O)CCCCCCC)[C@@](C)(OC(C)=O)C[C@H](OC(=O)CCC)[C@@]1(OC(C)=O)[C@H]2OC(=O)[C@@]1(C)OC(C)=O. The van der Waals surface area contributed by atoms with Crippen molar-refractivity contribution in [3.8, 4) is 0 Å². The second-order valence-corrected chi connectivity index (χ2v) is 14.2. The highest BCUT2D eigenvalue weighted by Crippen LogP contribution is 2.59. The molecule has 0 aromatic carbocycles. The van der Waals surface area contributed by atoms with Gasteiger partial charge in [0.05, 0.1) is 5.92 Å². The highest BCUT2D eigenvalue weighted by Gasteiger charge is 2.80. The minimum Gasteiger partial charge on any atom is -0.459 e. The molecule has 3 aliphatic rings. The van der Waals surface area contributed by atoms with Crippen LogP contribution in [0.15, 0.2) is 22.8 Å². The van der Waals surface area contributed by atoms with E-state index in [0.717, 1.165) is 46.5 Å². The Kier molecular flexibility index (Phi) is 13.8. The van der Waals surface area contributed by atoms with Crippen molar-refractivity contribution >= 4 is 41.8 Å². The van der Waals surface area contributed by atoms with Gasteiger partial charge in [-0.25, -0.2) is 9.59 Å². The van der Waals surface area contributed by atoms with Crippen LogP contribution >= 0.6 is 0 Å². The molecule has 0 unspecified atom stereocenters. The molecule has 1 heterocycles. The van der Waals surface area contributed by atoms with E-state index in [2.05, 4.69) is 6.92 Å². The Balaban J connectivity index is 2.41. The van der Waals surface area contributed by atoms with Gasteiger partial charge in [-0.1, -0.05) is 45.6 Å². The average molecular weight is 735 g/mol. The van der Waals surface area contributed by atoms with Crippen molar-refractivity contribution in [3.05, 3.63) is 22.8 Å². The van der Waals surface area contributed by atoms with Crippen molar-refractivity contribution < 1.29 is 66.7 Å². The van der Waals surface area contributed by atoms with Gasteiger partial charge >= 0.3 is 41.8 Å². The number of carbonyl (C=O) groups excluding carboxylic acids is 7. The standard InChI is InChI=1S/C38H54O14/c1-11-14-15-16-17-19-28(43)47-32-30-29(22(5)31(32)48-34(44)21(4)13-3)33-38(52-25(8)41,37(10,35(45)49-33)51-24(7)40)26(46-27(42)18-12-2)20-36(30,9)50-23(6)39/h13,26,30-33H,11-12,14-20H2,1-10H3/b21-13+/t26-,30+,31-,32-,33-,36-,37+,38+/m0/s1. The Labute approximate surface area is 305 Å². The first-order chi connectivity index (χ1) is 24.3. The first-order valence-corrected chi connectivity index (χ1v) is 18.1. The minimum atomic E-state index is -2.41. The molecule has 1 aliphatic heterocycles. The van der Waals surface area contributed by atoms with E-state index in [-0.39, 0.29) is 29.6 Å². The molecule has 2 fully saturated rings. The van der Waals surface area contributed by atoms with Crippen LogP contribution in [0.5, 0.6) is 0 Å². The number of esters is 7. The van der Waals surface area contributed by atoms with Crippen LogP contribution < -0.4 is 0 Å². The summed E-state index contributed by atoms with van der Waals surface area (Å²) in [5.41, 5.74) is -5.96. The highest BCUT2D eigenvalue weighted by atomic mass is 16.7. The first-order valence-electron chi connectivity index (χ1n) is 18.1. The molecule has 1 saturated heterocycles. The number of unbranched alkanes of at least 4 members (excludes halogenated alkanes) is 4. The zero-order valence-electron chi connectivity index (χ0n) is 32.0. The lowest BCUT2D eigenvalue weighted by molar-refractivity contribution is -0.234. The summed E-state index contributed by atoms with van der Waals surface area (Å²) in [6.45, 7) is 14.6. The van der Waals surface area contributed by atoms with Crippen LogP contribution in [-0.2, 0) is 66.7 Å². The minimum absolute atomic E-state index is 0.0394. The van der Waals surface area contributed by atoms with Gasteiger partial charge in [0.25, 0.3) is 5.60 Å². The molecule has 14 nitrogen and oxygen atoms in total. The van der Waals surface area contributed by atoms with Crippen LogP contribution in [0.3, 0.4) is 0 Å². The van der Waals surface area contributed by atoms with Crippen LogP contribution in [0.1, 0.15) is 127 Å². The first kappa shape index (κ1) is 42.2. The van der Waals surface area contributed by atoms with Crippen molar-refractivity contribution in [2.24, 2.45) is 5.92 Å². The molecule has 3 rings (SSSR count). The van der Waals surface area contributed by atoms with E-state index in [0.29, 0.717) is 12.8 Å². The van der Waals surface area contributed by atoms with E-state index >= 15 is 0 Å². The number of fused-ring (bicyclic) bond motifs is 3. The van der Waals surface area contributed by atoms with E-state index in [4.69, 9.17) is 33.2 Å².